The maximum atomic E-state index is 14.4. The summed E-state index contributed by atoms with van der Waals surface area (Å²) in [5.74, 6) is 0.453. The normalized spacial score (nSPS) is 14.5. The number of nitriles is 1. The lowest BCUT2D eigenvalue weighted by molar-refractivity contribution is -0.139. The van der Waals surface area contributed by atoms with Gasteiger partial charge in [-0.15, -0.1) is 0 Å². The lowest BCUT2D eigenvalue weighted by Crippen LogP contribution is -2.40. The summed E-state index contributed by atoms with van der Waals surface area (Å²) in [6.45, 7) is 6.48. The van der Waals surface area contributed by atoms with Crippen molar-refractivity contribution in [2.45, 2.75) is 33.4 Å². The van der Waals surface area contributed by atoms with Gasteiger partial charge in [0.05, 0.1) is 53.8 Å². The van der Waals surface area contributed by atoms with E-state index in [2.05, 4.69) is 26.6 Å². The Morgan fingerprint density at radius 2 is 1.87 bits per heavy atom. The van der Waals surface area contributed by atoms with E-state index in [9.17, 15) is 14.9 Å². The number of methoxy groups -OCH3 is 1. The number of para-hydroxylation sites is 1. The van der Waals surface area contributed by atoms with Crippen LogP contribution in [-0.4, -0.2) is 35.4 Å². The molecule has 0 saturated carbocycles. The molecule has 0 amide bonds. The zero-order valence-electron chi connectivity index (χ0n) is 26.2. The zero-order chi connectivity index (χ0) is 33.2. The number of allylic oxidation sites excluding steroid dienone is 1. The second kappa shape index (κ2) is 13.4. The fraction of sp³-hybridized carbons (Fsp3) is 0.222. The highest BCUT2D eigenvalue weighted by atomic mass is 79.9. The Kier molecular flexibility index (Phi) is 9.16. The molecule has 0 N–H and O–H groups in total. The average molecular weight is 712 g/mol. The molecule has 1 atom stereocenters. The molecule has 0 saturated heterocycles. The van der Waals surface area contributed by atoms with Crippen LogP contribution in [-0.2, 0) is 16.1 Å². The minimum absolute atomic E-state index is 0.170. The highest BCUT2D eigenvalue weighted by Crippen LogP contribution is 2.41. The molecule has 0 spiro atoms. The number of carbonyl (C=O) groups is 1. The summed E-state index contributed by atoms with van der Waals surface area (Å²) in [7, 11) is 1.55. The fourth-order valence-corrected chi connectivity index (χ4v) is 7.46. The van der Waals surface area contributed by atoms with Gasteiger partial charge in [0.25, 0.3) is 5.56 Å². The van der Waals surface area contributed by atoms with E-state index in [1.165, 1.54) is 11.3 Å². The third-order valence-electron chi connectivity index (χ3n) is 7.98. The van der Waals surface area contributed by atoms with Gasteiger partial charge in [-0.1, -0.05) is 63.7 Å². The number of carbonyl (C=O) groups excluding carboxylic acids is 1. The Morgan fingerprint density at radius 1 is 1.11 bits per heavy atom. The summed E-state index contributed by atoms with van der Waals surface area (Å²) in [6.07, 6.45) is 3.87. The number of hydrogen-bond donors (Lipinski definition) is 0. The van der Waals surface area contributed by atoms with Crippen LogP contribution in [0.1, 0.15) is 49.1 Å². The molecule has 3 aromatic carbocycles. The summed E-state index contributed by atoms with van der Waals surface area (Å²) < 4.78 is 21.6. The smallest absolute Gasteiger partial charge is 0.338 e. The van der Waals surface area contributed by atoms with Crippen molar-refractivity contribution in [1.82, 2.24) is 9.13 Å². The van der Waals surface area contributed by atoms with E-state index in [4.69, 9.17) is 19.2 Å². The molecule has 238 valence electrons. The molecule has 0 aliphatic carbocycles. The van der Waals surface area contributed by atoms with Gasteiger partial charge in [0.2, 0.25) is 0 Å². The van der Waals surface area contributed by atoms with Gasteiger partial charge >= 0.3 is 5.97 Å². The average Bonchev–Trinajstić information content (AvgIpc) is 3.57. The van der Waals surface area contributed by atoms with Crippen LogP contribution >= 0.6 is 27.3 Å². The first-order valence-corrected chi connectivity index (χ1v) is 16.7. The first kappa shape index (κ1) is 32.0. The maximum Gasteiger partial charge on any atom is 0.338 e. The van der Waals surface area contributed by atoms with Crippen LogP contribution in [0.5, 0.6) is 11.5 Å². The number of aromatic nitrogens is 2. The molecule has 1 aliphatic rings. The highest BCUT2D eigenvalue weighted by molar-refractivity contribution is 9.10. The van der Waals surface area contributed by atoms with Crippen molar-refractivity contribution in [2.75, 3.05) is 20.3 Å². The Hall–Kier alpha value is -4.92. The van der Waals surface area contributed by atoms with Crippen molar-refractivity contribution < 1.29 is 19.0 Å². The number of hydrogen-bond acceptors (Lipinski definition) is 8. The summed E-state index contributed by atoms with van der Waals surface area (Å²) in [5.41, 5.74) is 4.41. The van der Waals surface area contributed by atoms with Crippen molar-refractivity contribution in [1.29, 1.82) is 5.26 Å². The highest BCUT2D eigenvalue weighted by Gasteiger charge is 2.35. The Morgan fingerprint density at radius 3 is 2.62 bits per heavy atom. The minimum Gasteiger partial charge on any atom is -0.493 e. The number of thiazole rings is 1. The van der Waals surface area contributed by atoms with Crippen molar-refractivity contribution >= 4 is 50.2 Å². The molecule has 11 heteroatoms. The first-order valence-electron chi connectivity index (χ1n) is 15.0. The largest absolute Gasteiger partial charge is 0.493 e. The van der Waals surface area contributed by atoms with Crippen LogP contribution in [0.25, 0.3) is 17.0 Å². The van der Waals surface area contributed by atoms with Crippen LogP contribution in [0.4, 0.5) is 0 Å². The van der Waals surface area contributed by atoms with Crippen LogP contribution < -0.4 is 24.4 Å². The molecule has 47 heavy (non-hydrogen) atoms. The Labute approximate surface area is 283 Å². The first-order chi connectivity index (χ1) is 22.8. The van der Waals surface area contributed by atoms with Crippen LogP contribution in [0.15, 0.2) is 92.4 Å². The number of fused-ring (bicyclic) bond motifs is 2. The van der Waals surface area contributed by atoms with Gasteiger partial charge in [-0.05, 0) is 62.2 Å². The molecule has 9 nitrogen and oxygen atoms in total. The molecule has 6 rings (SSSR count). The predicted molar refractivity (Wildman–Crippen MR) is 184 cm³/mol. The van der Waals surface area contributed by atoms with E-state index >= 15 is 0 Å². The summed E-state index contributed by atoms with van der Waals surface area (Å²) >= 11 is 4.93. The number of ether oxygens (including phenoxy) is 3. The lowest BCUT2D eigenvalue weighted by atomic mass is 9.95. The predicted octanol–water partition coefficient (Wildman–Crippen LogP) is 5.84. The van der Waals surface area contributed by atoms with Gasteiger partial charge < -0.3 is 18.8 Å². The molecule has 2 aromatic heterocycles. The number of halogens is 1. The second-order valence-corrected chi connectivity index (χ2v) is 12.6. The SMILES string of the molecule is CCOC(=O)C1=C(C)N=c2s/c(=C/c3cn(Cc4ccccc4C#N)c4ccccc34)c(=O)n2[C@H]1c1cc(OC)c(OCC)cc1Br. The van der Waals surface area contributed by atoms with Crippen LogP contribution in [0.2, 0.25) is 0 Å². The van der Waals surface area contributed by atoms with E-state index in [1.807, 2.05) is 67.7 Å². The van der Waals surface area contributed by atoms with E-state index < -0.39 is 12.0 Å². The van der Waals surface area contributed by atoms with E-state index in [0.717, 1.165) is 22.0 Å². The van der Waals surface area contributed by atoms with E-state index in [0.29, 0.717) is 55.3 Å². The van der Waals surface area contributed by atoms with Gasteiger partial charge in [0.1, 0.15) is 0 Å². The Bertz CT molecular complexity index is 2290. The number of esters is 1. The fourth-order valence-electron chi connectivity index (χ4n) is 5.89. The van der Waals surface area contributed by atoms with E-state index in [1.54, 1.807) is 37.7 Å². The lowest BCUT2D eigenvalue weighted by Gasteiger charge is -2.26. The molecule has 0 unspecified atom stereocenters. The third-order valence-corrected chi connectivity index (χ3v) is 9.65. The van der Waals surface area contributed by atoms with Gasteiger partial charge in [-0.2, -0.15) is 5.26 Å². The zero-order valence-corrected chi connectivity index (χ0v) is 28.6. The molecule has 5 aromatic rings. The van der Waals surface area contributed by atoms with Gasteiger partial charge in [-0.25, -0.2) is 9.79 Å². The number of benzene rings is 3. The van der Waals surface area contributed by atoms with Crippen LogP contribution in [0.3, 0.4) is 0 Å². The quantitative estimate of drug-likeness (QED) is 0.178. The molecule has 1 aliphatic heterocycles. The number of nitrogens with zero attached hydrogens (tertiary/aromatic N) is 4. The monoisotopic (exact) mass is 710 g/mol. The molecule has 0 bridgehead atoms. The molecular weight excluding hydrogens is 680 g/mol. The van der Waals surface area contributed by atoms with Crippen molar-refractivity contribution in [3.8, 4) is 17.6 Å². The molecule has 0 fully saturated rings. The second-order valence-electron chi connectivity index (χ2n) is 10.8. The van der Waals surface area contributed by atoms with Crippen molar-refractivity contribution in [3.63, 3.8) is 0 Å². The summed E-state index contributed by atoms with van der Waals surface area (Å²) in [5, 5.41) is 10.6. The van der Waals surface area contributed by atoms with Gasteiger partial charge in [-0.3, -0.25) is 9.36 Å². The molecule has 0 radical (unpaired) electrons. The topological polar surface area (TPSA) is 108 Å². The molecular formula is C36H31BrN4O5S. The van der Waals surface area contributed by atoms with Crippen molar-refractivity contribution in [3.05, 3.63) is 125 Å². The van der Waals surface area contributed by atoms with Crippen molar-refractivity contribution in [2.24, 2.45) is 4.99 Å². The summed E-state index contributed by atoms with van der Waals surface area (Å²) in [4.78, 5) is 33.0. The van der Waals surface area contributed by atoms with Gasteiger partial charge in [0.15, 0.2) is 16.3 Å². The van der Waals surface area contributed by atoms with Crippen LogP contribution in [0, 0.1) is 11.3 Å². The maximum absolute atomic E-state index is 14.4. The number of rotatable bonds is 9. The Balaban J connectivity index is 1.54. The molecule has 3 heterocycles. The minimum atomic E-state index is -0.838. The third kappa shape index (κ3) is 5.90. The standard InChI is InChI=1S/C36H31BrN4O5S/c1-5-45-30-17-27(37)26(16-29(30)44-4)33-32(35(43)46-6-2)21(3)39-36-41(33)34(42)31(47-36)15-24-20-40(28-14-10-9-13-25(24)28)19-23-12-8-7-11-22(23)18-38/h7-17,20,33H,5-6,19H2,1-4H3/b31-15+/t33-/m0/s1. The summed E-state index contributed by atoms with van der Waals surface area (Å²) in [6, 6.07) is 20.5. The van der Waals surface area contributed by atoms with Gasteiger partial charge in [0, 0.05) is 33.7 Å². The van der Waals surface area contributed by atoms with E-state index in [-0.39, 0.29) is 17.7 Å².